The summed E-state index contributed by atoms with van der Waals surface area (Å²) in [4.78, 5) is 6.89. The molecule has 0 radical (unpaired) electrons. The lowest BCUT2D eigenvalue weighted by Gasteiger charge is -2.40. The van der Waals surface area contributed by atoms with E-state index in [2.05, 4.69) is 34.0 Å². The maximum atomic E-state index is 6.02. The summed E-state index contributed by atoms with van der Waals surface area (Å²) in [5.41, 5.74) is 1.81. The van der Waals surface area contributed by atoms with Gasteiger partial charge in [0.05, 0.1) is 19.3 Å². The minimum absolute atomic E-state index is 0.335. The van der Waals surface area contributed by atoms with Crippen molar-refractivity contribution in [3.63, 3.8) is 0 Å². The van der Waals surface area contributed by atoms with Crippen LogP contribution < -0.4 is 4.90 Å². The van der Waals surface area contributed by atoms with Gasteiger partial charge in [0.15, 0.2) is 0 Å². The van der Waals surface area contributed by atoms with E-state index in [0.717, 1.165) is 30.2 Å². The van der Waals surface area contributed by atoms with Gasteiger partial charge < -0.3 is 9.64 Å². The van der Waals surface area contributed by atoms with Crippen LogP contribution in [0.1, 0.15) is 18.2 Å². The Labute approximate surface area is 119 Å². The lowest BCUT2D eigenvalue weighted by molar-refractivity contribution is -0.0468. The molecule has 106 valence electrons. The number of pyridine rings is 1. The summed E-state index contributed by atoms with van der Waals surface area (Å²) in [6, 6.07) is 6.13. The molecule has 3 heterocycles. The molecular weight excluding hydrogens is 252 g/mol. The topological polar surface area (TPSA) is 43.2 Å². The van der Waals surface area contributed by atoms with Gasteiger partial charge in [-0.3, -0.25) is 4.68 Å². The minimum Gasteiger partial charge on any atom is -0.367 e. The van der Waals surface area contributed by atoms with Crippen LogP contribution in [0.2, 0.25) is 0 Å². The molecule has 20 heavy (non-hydrogen) atoms. The third kappa shape index (κ3) is 2.41. The van der Waals surface area contributed by atoms with Crippen molar-refractivity contribution in [2.45, 2.75) is 19.4 Å². The maximum Gasteiger partial charge on any atom is 0.128 e. The summed E-state index contributed by atoms with van der Waals surface area (Å²) in [6.45, 7) is 6.48. The molecule has 0 aromatic carbocycles. The first-order valence-corrected chi connectivity index (χ1v) is 6.88. The first-order chi connectivity index (χ1) is 9.57. The standard InChI is InChI=1S/C15H20N4O/c1-12-5-4-6-14(17-12)19-7-8-20-15(2,11-19)13-9-16-18(3)10-13/h4-6,9-10H,7-8,11H2,1-3H3. The van der Waals surface area contributed by atoms with Crippen LogP contribution in [0.3, 0.4) is 0 Å². The third-order valence-electron chi connectivity index (χ3n) is 3.79. The van der Waals surface area contributed by atoms with Gasteiger partial charge in [-0.25, -0.2) is 4.98 Å². The van der Waals surface area contributed by atoms with Crippen molar-refractivity contribution >= 4 is 5.82 Å². The summed E-state index contributed by atoms with van der Waals surface area (Å²) in [7, 11) is 1.93. The van der Waals surface area contributed by atoms with Crippen molar-refractivity contribution in [3.05, 3.63) is 41.9 Å². The van der Waals surface area contributed by atoms with Crippen LogP contribution >= 0.6 is 0 Å². The van der Waals surface area contributed by atoms with Crippen LogP contribution in [0.4, 0.5) is 5.82 Å². The van der Waals surface area contributed by atoms with Gasteiger partial charge >= 0.3 is 0 Å². The van der Waals surface area contributed by atoms with Gasteiger partial charge in [-0.2, -0.15) is 5.10 Å². The number of aryl methyl sites for hydroxylation is 2. The maximum absolute atomic E-state index is 6.02. The summed E-state index contributed by atoms with van der Waals surface area (Å²) >= 11 is 0. The summed E-state index contributed by atoms with van der Waals surface area (Å²) in [5.74, 6) is 1.02. The molecule has 5 nitrogen and oxygen atoms in total. The highest BCUT2D eigenvalue weighted by Crippen LogP contribution is 2.30. The summed E-state index contributed by atoms with van der Waals surface area (Å²) in [6.07, 6.45) is 3.90. The molecule has 0 aliphatic carbocycles. The zero-order valence-corrected chi connectivity index (χ0v) is 12.2. The first kappa shape index (κ1) is 13.1. The van der Waals surface area contributed by atoms with E-state index in [-0.39, 0.29) is 5.60 Å². The monoisotopic (exact) mass is 272 g/mol. The van der Waals surface area contributed by atoms with Gasteiger partial charge in [-0.1, -0.05) is 6.07 Å². The number of aromatic nitrogens is 3. The van der Waals surface area contributed by atoms with Gasteiger partial charge in [-0.15, -0.1) is 0 Å². The second-order valence-corrected chi connectivity index (χ2v) is 5.54. The van der Waals surface area contributed by atoms with E-state index < -0.39 is 0 Å². The number of nitrogens with zero attached hydrogens (tertiary/aromatic N) is 4. The molecule has 2 aromatic rings. The summed E-state index contributed by atoms with van der Waals surface area (Å²) < 4.78 is 7.84. The van der Waals surface area contributed by atoms with E-state index in [1.807, 2.05) is 37.1 Å². The molecule has 1 fully saturated rings. The normalized spacial score (nSPS) is 23.1. The van der Waals surface area contributed by atoms with Gasteiger partial charge in [0.2, 0.25) is 0 Å². The zero-order chi connectivity index (χ0) is 14.2. The Hall–Kier alpha value is -1.88. The van der Waals surface area contributed by atoms with Crippen LogP contribution in [0.5, 0.6) is 0 Å². The average molecular weight is 272 g/mol. The number of hydrogen-bond donors (Lipinski definition) is 0. The Kier molecular flexibility index (Phi) is 3.22. The first-order valence-electron chi connectivity index (χ1n) is 6.88. The Morgan fingerprint density at radius 3 is 2.90 bits per heavy atom. The van der Waals surface area contributed by atoms with Crippen LogP contribution in [0.15, 0.2) is 30.6 Å². The van der Waals surface area contributed by atoms with E-state index in [4.69, 9.17) is 4.74 Å². The van der Waals surface area contributed by atoms with Crippen molar-refractivity contribution in [1.29, 1.82) is 0 Å². The lowest BCUT2D eigenvalue weighted by atomic mass is 9.97. The summed E-state index contributed by atoms with van der Waals surface area (Å²) in [5, 5.41) is 4.25. The molecule has 2 aromatic heterocycles. The molecule has 1 atom stereocenters. The molecule has 3 rings (SSSR count). The van der Waals surface area contributed by atoms with Crippen molar-refractivity contribution in [1.82, 2.24) is 14.8 Å². The second-order valence-electron chi connectivity index (χ2n) is 5.54. The fourth-order valence-corrected chi connectivity index (χ4v) is 2.64. The minimum atomic E-state index is -0.335. The predicted octanol–water partition coefficient (Wildman–Crippen LogP) is 1.88. The number of hydrogen-bond acceptors (Lipinski definition) is 4. The van der Waals surface area contributed by atoms with E-state index in [0.29, 0.717) is 6.61 Å². The second kappa shape index (κ2) is 4.90. The van der Waals surface area contributed by atoms with E-state index >= 15 is 0 Å². The SMILES string of the molecule is Cc1cccc(N2CCOC(C)(c3cnn(C)c3)C2)n1. The van der Waals surface area contributed by atoms with Crippen molar-refractivity contribution in [3.8, 4) is 0 Å². The average Bonchev–Trinajstić information content (AvgIpc) is 2.86. The third-order valence-corrected chi connectivity index (χ3v) is 3.79. The fourth-order valence-electron chi connectivity index (χ4n) is 2.64. The molecule has 0 spiro atoms. The smallest absolute Gasteiger partial charge is 0.128 e. The van der Waals surface area contributed by atoms with Crippen molar-refractivity contribution in [2.75, 3.05) is 24.6 Å². The Balaban J connectivity index is 1.86. The van der Waals surface area contributed by atoms with Crippen LogP contribution in [0.25, 0.3) is 0 Å². The molecule has 5 heteroatoms. The predicted molar refractivity (Wildman–Crippen MR) is 77.7 cm³/mol. The van der Waals surface area contributed by atoms with Gasteiger partial charge in [-0.05, 0) is 26.0 Å². The molecule has 0 bridgehead atoms. The quantitative estimate of drug-likeness (QED) is 0.837. The molecule has 0 saturated carbocycles. The van der Waals surface area contributed by atoms with E-state index in [9.17, 15) is 0 Å². The number of rotatable bonds is 2. The Bertz CT molecular complexity index is 609. The highest BCUT2D eigenvalue weighted by molar-refractivity contribution is 5.41. The molecule has 0 amide bonds. The molecule has 1 aliphatic heterocycles. The highest BCUT2D eigenvalue weighted by Gasteiger charge is 2.35. The lowest BCUT2D eigenvalue weighted by Crippen LogP contribution is -2.48. The van der Waals surface area contributed by atoms with E-state index in [1.54, 1.807) is 0 Å². The molecular formula is C15H20N4O. The fraction of sp³-hybridized carbons (Fsp3) is 0.467. The Morgan fingerprint density at radius 2 is 2.20 bits per heavy atom. The highest BCUT2D eigenvalue weighted by atomic mass is 16.5. The van der Waals surface area contributed by atoms with Crippen molar-refractivity contribution in [2.24, 2.45) is 7.05 Å². The molecule has 1 saturated heterocycles. The van der Waals surface area contributed by atoms with Crippen LogP contribution in [0, 0.1) is 6.92 Å². The van der Waals surface area contributed by atoms with Crippen LogP contribution in [-0.4, -0.2) is 34.5 Å². The van der Waals surface area contributed by atoms with Gasteiger partial charge in [0.1, 0.15) is 11.4 Å². The van der Waals surface area contributed by atoms with Crippen molar-refractivity contribution < 1.29 is 4.74 Å². The number of anilines is 1. The molecule has 1 aliphatic rings. The van der Waals surface area contributed by atoms with Gasteiger partial charge in [0.25, 0.3) is 0 Å². The van der Waals surface area contributed by atoms with Gasteiger partial charge in [0, 0.05) is 31.0 Å². The molecule has 1 unspecified atom stereocenters. The largest absolute Gasteiger partial charge is 0.367 e. The Morgan fingerprint density at radius 1 is 1.35 bits per heavy atom. The van der Waals surface area contributed by atoms with Crippen LogP contribution in [-0.2, 0) is 17.4 Å². The zero-order valence-electron chi connectivity index (χ0n) is 12.2. The number of morpholine rings is 1. The molecule has 0 N–H and O–H groups in total. The van der Waals surface area contributed by atoms with E-state index in [1.165, 1.54) is 0 Å². The number of ether oxygens (including phenoxy) is 1.